The van der Waals surface area contributed by atoms with Crippen molar-refractivity contribution in [2.24, 2.45) is 4.36 Å². The van der Waals surface area contributed by atoms with Crippen LogP contribution >= 0.6 is 11.6 Å². The van der Waals surface area contributed by atoms with Gasteiger partial charge in [-0.05, 0) is 24.6 Å². The van der Waals surface area contributed by atoms with Crippen LogP contribution in [0.25, 0.3) is 11.0 Å². The van der Waals surface area contributed by atoms with Crippen LogP contribution in [0.15, 0.2) is 28.6 Å². The van der Waals surface area contributed by atoms with Crippen molar-refractivity contribution < 1.29 is 0 Å². The SMILES string of the molecule is CS(C)=Nc1nc2ccccc2nc1Cl. The van der Waals surface area contributed by atoms with E-state index in [0.717, 1.165) is 11.0 Å². The van der Waals surface area contributed by atoms with Crippen LogP contribution in [0.5, 0.6) is 0 Å². The summed E-state index contributed by atoms with van der Waals surface area (Å²) < 4.78 is 4.33. The van der Waals surface area contributed by atoms with Gasteiger partial charge in [0.05, 0.1) is 11.0 Å². The lowest BCUT2D eigenvalue weighted by molar-refractivity contribution is 1.26. The van der Waals surface area contributed by atoms with Gasteiger partial charge in [-0.25, -0.2) is 14.3 Å². The van der Waals surface area contributed by atoms with Gasteiger partial charge in [0.2, 0.25) is 0 Å². The van der Waals surface area contributed by atoms with E-state index in [1.807, 2.05) is 36.8 Å². The number of fused-ring (bicyclic) bond motifs is 1. The largest absolute Gasteiger partial charge is 0.230 e. The summed E-state index contributed by atoms with van der Waals surface area (Å²) in [7, 11) is -0.0817. The second kappa shape index (κ2) is 4.24. The van der Waals surface area contributed by atoms with Gasteiger partial charge in [-0.3, -0.25) is 0 Å². The van der Waals surface area contributed by atoms with Gasteiger partial charge in [0.1, 0.15) is 0 Å². The fourth-order valence-electron chi connectivity index (χ4n) is 1.20. The normalized spacial score (nSPS) is 10.9. The Bertz CT molecular complexity index is 535. The van der Waals surface area contributed by atoms with E-state index in [1.54, 1.807) is 0 Å². The van der Waals surface area contributed by atoms with Crippen LogP contribution in [0.1, 0.15) is 0 Å². The van der Waals surface area contributed by atoms with Crippen LogP contribution < -0.4 is 0 Å². The molecule has 0 saturated carbocycles. The maximum atomic E-state index is 5.98. The van der Waals surface area contributed by atoms with E-state index in [9.17, 15) is 0 Å². The number of hydrogen-bond acceptors (Lipinski definition) is 3. The van der Waals surface area contributed by atoms with E-state index in [2.05, 4.69) is 14.3 Å². The summed E-state index contributed by atoms with van der Waals surface area (Å²) in [4.78, 5) is 8.60. The Morgan fingerprint density at radius 2 is 1.73 bits per heavy atom. The fourth-order valence-corrected chi connectivity index (χ4v) is 1.90. The highest BCUT2D eigenvalue weighted by atomic mass is 35.5. The zero-order valence-corrected chi connectivity index (χ0v) is 10.0. The van der Waals surface area contributed by atoms with E-state index in [4.69, 9.17) is 11.6 Å². The monoisotopic (exact) mass is 239 g/mol. The summed E-state index contributed by atoms with van der Waals surface area (Å²) in [5, 5.41) is 0.370. The lowest BCUT2D eigenvalue weighted by Gasteiger charge is -2.00. The fraction of sp³-hybridized carbons (Fsp3) is 0.200. The highest BCUT2D eigenvalue weighted by molar-refractivity contribution is 7.85. The zero-order valence-electron chi connectivity index (χ0n) is 8.44. The van der Waals surface area contributed by atoms with Crippen LogP contribution in [0, 0.1) is 0 Å². The minimum Gasteiger partial charge on any atom is -0.230 e. The summed E-state index contributed by atoms with van der Waals surface area (Å²) in [6.45, 7) is 0. The molecular formula is C10H10ClN3S. The van der Waals surface area contributed by atoms with Gasteiger partial charge in [0.25, 0.3) is 0 Å². The number of hydrogen-bond donors (Lipinski definition) is 0. The molecule has 0 spiro atoms. The summed E-state index contributed by atoms with van der Waals surface area (Å²) in [6, 6.07) is 7.62. The predicted molar refractivity (Wildman–Crippen MR) is 65.8 cm³/mol. The molecule has 0 unspecified atom stereocenters. The van der Waals surface area contributed by atoms with E-state index < -0.39 is 0 Å². The third kappa shape index (κ3) is 2.33. The first-order valence-electron chi connectivity index (χ1n) is 4.38. The highest BCUT2D eigenvalue weighted by Gasteiger charge is 2.04. The van der Waals surface area contributed by atoms with Crippen molar-refractivity contribution in [2.75, 3.05) is 12.5 Å². The Kier molecular flexibility index (Phi) is 2.98. The Balaban J connectivity index is 2.67. The zero-order chi connectivity index (χ0) is 10.8. The average molecular weight is 240 g/mol. The molecular weight excluding hydrogens is 230 g/mol. The Labute approximate surface area is 95.6 Å². The standard InChI is InChI=1S/C10H10ClN3S/c1-15(2)14-10-9(11)12-7-5-3-4-6-8(7)13-10/h3-6H,1-2H3. The third-order valence-electron chi connectivity index (χ3n) is 1.78. The number of aromatic nitrogens is 2. The second-order valence-electron chi connectivity index (χ2n) is 3.19. The number of para-hydroxylation sites is 2. The molecule has 78 valence electrons. The molecule has 1 aromatic carbocycles. The van der Waals surface area contributed by atoms with E-state index in [1.165, 1.54) is 0 Å². The van der Waals surface area contributed by atoms with Crippen molar-refractivity contribution in [1.29, 1.82) is 0 Å². The minimum absolute atomic E-state index is 0.0817. The molecule has 1 aromatic heterocycles. The Morgan fingerprint density at radius 1 is 1.13 bits per heavy atom. The Hall–Kier alpha value is -1.00. The molecule has 3 nitrogen and oxygen atoms in total. The second-order valence-corrected chi connectivity index (χ2v) is 5.28. The van der Waals surface area contributed by atoms with Crippen LogP contribution in [0.3, 0.4) is 0 Å². The molecule has 2 aromatic rings. The van der Waals surface area contributed by atoms with Gasteiger partial charge >= 0.3 is 0 Å². The Morgan fingerprint density at radius 3 is 2.33 bits per heavy atom. The molecule has 0 amide bonds. The van der Waals surface area contributed by atoms with Crippen LogP contribution in [-0.4, -0.2) is 22.5 Å². The van der Waals surface area contributed by atoms with Crippen molar-refractivity contribution in [3.63, 3.8) is 0 Å². The summed E-state index contributed by atoms with van der Waals surface area (Å²) in [6.07, 6.45) is 4.01. The minimum atomic E-state index is -0.0817. The van der Waals surface area contributed by atoms with Crippen LogP contribution in [0.2, 0.25) is 5.15 Å². The molecule has 0 saturated heterocycles. The molecule has 0 aliphatic heterocycles. The molecule has 0 N–H and O–H groups in total. The maximum Gasteiger partial charge on any atom is 0.197 e. The first-order valence-corrected chi connectivity index (χ1v) is 6.76. The smallest absolute Gasteiger partial charge is 0.197 e. The van der Waals surface area contributed by atoms with Crippen molar-refractivity contribution in [2.45, 2.75) is 0 Å². The highest BCUT2D eigenvalue weighted by Crippen LogP contribution is 2.23. The van der Waals surface area contributed by atoms with Crippen molar-refractivity contribution in [3.8, 4) is 0 Å². The van der Waals surface area contributed by atoms with Crippen molar-refractivity contribution in [3.05, 3.63) is 29.4 Å². The van der Waals surface area contributed by atoms with Gasteiger partial charge in [0, 0.05) is 0 Å². The molecule has 0 atom stereocenters. The maximum absolute atomic E-state index is 5.98. The van der Waals surface area contributed by atoms with E-state index in [-0.39, 0.29) is 10.7 Å². The average Bonchev–Trinajstić information content (AvgIpc) is 2.18. The summed E-state index contributed by atoms with van der Waals surface area (Å²) in [5.74, 6) is 0.531. The van der Waals surface area contributed by atoms with Gasteiger partial charge in [0.15, 0.2) is 11.0 Å². The van der Waals surface area contributed by atoms with Gasteiger partial charge in [-0.1, -0.05) is 34.4 Å². The molecule has 0 aliphatic carbocycles. The summed E-state index contributed by atoms with van der Waals surface area (Å²) in [5.41, 5.74) is 1.62. The van der Waals surface area contributed by atoms with Gasteiger partial charge in [-0.2, -0.15) is 0 Å². The molecule has 0 bridgehead atoms. The first kappa shape index (κ1) is 10.5. The third-order valence-corrected chi connectivity index (χ3v) is 2.57. The summed E-state index contributed by atoms with van der Waals surface area (Å²) >= 11 is 5.98. The first-order chi connectivity index (χ1) is 7.16. The van der Waals surface area contributed by atoms with Crippen molar-refractivity contribution >= 4 is 39.1 Å². The van der Waals surface area contributed by atoms with E-state index >= 15 is 0 Å². The molecule has 0 fully saturated rings. The van der Waals surface area contributed by atoms with Crippen molar-refractivity contribution in [1.82, 2.24) is 9.97 Å². The number of rotatable bonds is 1. The molecule has 1 heterocycles. The predicted octanol–water partition coefficient (Wildman–Crippen LogP) is 2.98. The van der Waals surface area contributed by atoms with E-state index in [0.29, 0.717) is 11.0 Å². The number of halogens is 1. The van der Waals surface area contributed by atoms with Gasteiger partial charge < -0.3 is 0 Å². The van der Waals surface area contributed by atoms with Gasteiger partial charge in [-0.15, -0.1) is 0 Å². The molecule has 0 aliphatic rings. The molecule has 2 rings (SSSR count). The number of nitrogens with zero attached hydrogens (tertiary/aromatic N) is 3. The quantitative estimate of drug-likeness (QED) is 0.767. The van der Waals surface area contributed by atoms with Crippen LogP contribution in [-0.2, 0) is 10.7 Å². The van der Waals surface area contributed by atoms with Crippen LogP contribution in [0.4, 0.5) is 5.82 Å². The molecule has 0 radical (unpaired) electrons. The molecule has 15 heavy (non-hydrogen) atoms. The molecule has 5 heteroatoms. The topological polar surface area (TPSA) is 38.1 Å². The number of benzene rings is 1. The lowest BCUT2D eigenvalue weighted by atomic mass is 10.3. The lowest BCUT2D eigenvalue weighted by Crippen LogP contribution is -1.87.